The summed E-state index contributed by atoms with van der Waals surface area (Å²) >= 11 is 0. The van der Waals surface area contributed by atoms with Crippen molar-refractivity contribution in [3.8, 4) is 0 Å². The summed E-state index contributed by atoms with van der Waals surface area (Å²) in [5, 5.41) is 0. The molecule has 0 saturated carbocycles. The van der Waals surface area contributed by atoms with Gasteiger partial charge in [-0.3, -0.25) is 0 Å². The van der Waals surface area contributed by atoms with Crippen molar-refractivity contribution in [1.29, 1.82) is 0 Å². The van der Waals surface area contributed by atoms with Crippen molar-refractivity contribution in [2.24, 2.45) is 0 Å². The fraction of sp³-hybridized carbons (Fsp3) is 0.467. The van der Waals surface area contributed by atoms with Crippen molar-refractivity contribution < 1.29 is 9.53 Å². The molecule has 4 heteroatoms. The molecule has 0 fully saturated rings. The average Bonchev–Trinajstić information content (AvgIpc) is 2.77. The zero-order valence-corrected chi connectivity index (χ0v) is 11.3. The molecule has 2 heterocycles. The standard InChI is InChI=1S/C15H18N2O2/c1-3-19-15(18)11-7-8-13-12(9-11)16-14-6-4-5-10(2)17(13)14/h7-10H,3-6H2,1-2H3. The van der Waals surface area contributed by atoms with Gasteiger partial charge in [-0.1, -0.05) is 0 Å². The second-order valence-electron chi connectivity index (χ2n) is 5.06. The summed E-state index contributed by atoms with van der Waals surface area (Å²) in [7, 11) is 0. The molecule has 4 nitrogen and oxygen atoms in total. The highest BCUT2D eigenvalue weighted by Crippen LogP contribution is 2.29. The third-order valence-corrected chi connectivity index (χ3v) is 3.74. The van der Waals surface area contributed by atoms with E-state index in [-0.39, 0.29) is 5.97 Å². The van der Waals surface area contributed by atoms with Crippen LogP contribution in [0.1, 0.15) is 48.9 Å². The van der Waals surface area contributed by atoms with Crippen LogP contribution in [0.15, 0.2) is 18.2 Å². The lowest BCUT2D eigenvalue weighted by molar-refractivity contribution is 0.0526. The van der Waals surface area contributed by atoms with Crippen LogP contribution in [-0.2, 0) is 11.2 Å². The van der Waals surface area contributed by atoms with Crippen LogP contribution in [0.2, 0.25) is 0 Å². The summed E-state index contributed by atoms with van der Waals surface area (Å²) in [5.41, 5.74) is 2.60. The minimum absolute atomic E-state index is 0.275. The molecule has 1 aliphatic heterocycles. The number of esters is 1. The van der Waals surface area contributed by atoms with Crippen LogP contribution in [0.4, 0.5) is 0 Å². The van der Waals surface area contributed by atoms with Gasteiger partial charge in [0.25, 0.3) is 0 Å². The number of aromatic nitrogens is 2. The van der Waals surface area contributed by atoms with Crippen molar-refractivity contribution in [2.75, 3.05) is 6.61 Å². The number of carbonyl (C=O) groups is 1. The van der Waals surface area contributed by atoms with Crippen LogP contribution in [0, 0.1) is 0 Å². The van der Waals surface area contributed by atoms with Crippen molar-refractivity contribution in [1.82, 2.24) is 9.55 Å². The third-order valence-electron chi connectivity index (χ3n) is 3.74. The van der Waals surface area contributed by atoms with Crippen LogP contribution in [0.5, 0.6) is 0 Å². The van der Waals surface area contributed by atoms with Gasteiger partial charge < -0.3 is 9.30 Å². The molecule has 1 aromatic heterocycles. The second kappa shape index (κ2) is 4.68. The number of hydrogen-bond donors (Lipinski definition) is 0. The lowest BCUT2D eigenvalue weighted by Gasteiger charge is -2.22. The molecule has 0 bridgehead atoms. The van der Waals surface area contributed by atoms with Gasteiger partial charge in [-0.2, -0.15) is 0 Å². The molecule has 0 spiro atoms. The maximum absolute atomic E-state index is 11.7. The molecular weight excluding hydrogens is 240 g/mol. The van der Waals surface area contributed by atoms with Crippen molar-refractivity contribution >= 4 is 17.0 Å². The number of hydrogen-bond acceptors (Lipinski definition) is 3. The summed E-state index contributed by atoms with van der Waals surface area (Å²) in [6.07, 6.45) is 3.40. The van der Waals surface area contributed by atoms with E-state index in [0.717, 1.165) is 23.3 Å². The Hall–Kier alpha value is -1.84. The normalized spacial score (nSPS) is 18.3. The Bertz CT molecular complexity index is 630. The van der Waals surface area contributed by atoms with Gasteiger partial charge in [0.05, 0.1) is 23.2 Å². The average molecular weight is 258 g/mol. The molecule has 100 valence electrons. The molecule has 3 rings (SSSR count). The van der Waals surface area contributed by atoms with E-state index in [0.29, 0.717) is 18.2 Å². The SMILES string of the molecule is CCOC(=O)c1ccc2c(c1)nc1n2C(C)CCC1. The molecule has 1 atom stereocenters. The van der Waals surface area contributed by atoms with Crippen LogP contribution in [-0.4, -0.2) is 22.1 Å². The summed E-state index contributed by atoms with van der Waals surface area (Å²) in [6.45, 7) is 4.43. The highest BCUT2D eigenvalue weighted by Gasteiger charge is 2.20. The molecule has 0 N–H and O–H groups in total. The fourth-order valence-electron chi connectivity index (χ4n) is 2.84. The molecule has 0 radical (unpaired) electrons. The van der Waals surface area contributed by atoms with Gasteiger partial charge >= 0.3 is 5.97 Å². The Morgan fingerprint density at radius 1 is 1.53 bits per heavy atom. The van der Waals surface area contributed by atoms with Gasteiger partial charge in [-0.05, 0) is 44.9 Å². The summed E-state index contributed by atoms with van der Waals surface area (Å²) < 4.78 is 7.33. The van der Waals surface area contributed by atoms with Gasteiger partial charge in [0.15, 0.2) is 0 Å². The predicted octanol–water partition coefficient (Wildman–Crippen LogP) is 3.11. The van der Waals surface area contributed by atoms with Crippen LogP contribution in [0.25, 0.3) is 11.0 Å². The van der Waals surface area contributed by atoms with E-state index in [1.165, 1.54) is 12.8 Å². The van der Waals surface area contributed by atoms with Gasteiger partial charge in [-0.25, -0.2) is 9.78 Å². The largest absolute Gasteiger partial charge is 0.462 e. The smallest absolute Gasteiger partial charge is 0.338 e. The first-order chi connectivity index (χ1) is 9.20. The van der Waals surface area contributed by atoms with E-state index in [1.807, 2.05) is 25.1 Å². The minimum Gasteiger partial charge on any atom is -0.462 e. The lowest BCUT2D eigenvalue weighted by Crippen LogP contribution is -2.14. The van der Waals surface area contributed by atoms with Crippen LogP contribution in [0.3, 0.4) is 0 Å². The maximum Gasteiger partial charge on any atom is 0.338 e. The highest BCUT2D eigenvalue weighted by atomic mass is 16.5. The van der Waals surface area contributed by atoms with E-state index in [1.54, 1.807) is 0 Å². The molecule has 1 unspecified atom stereocenters. The molecule has 2 aromatic rings. The zero-order valence-electron chi connectivity index (χ0n) is 11.3. The topological polar surface area (TPSA) is 44.1 Å². The lowest BCUT2D eigenvalue weighted by atomic mass is 10.1. The monoisotopic (exact) mass is 258 g/mol. The molecule has 0 aliphatic carbocycles. The highest BCUT2D eigenvalue weighted by molar-refractivity contribution is 5.93. The maximum atomic E-state index is 11.7. The predicted molar refractivity (Wildman–Crippen MR) is 73.3 cm³/mol. The molecule has 0 amide bonds. The zero-order chi connectivity index (χ0) is 13.4. The second-order valence-corrected chi connectivity index (χ2v) is 5.06. The van der Waals surface area contributed by atoms with E-state index < -0.39 is 0 Å². The number of benzene rings is 1. The van der Waals surface area contributed by atoms with Gasteiger partial charge in [0.2, 0.25) is 0 Å². The molecule has 0 saturated heterocycles. The van der Waals surface area contributed by atoms with Gasteiger partial charge in [-0.15, -0.1) is 0 Å². The molecular formula is C15H18N2O2. The first-order valence-corrected chi connectivity index (χ1v) is 6.88. The number of ether oxygens (including phenoxy) is 1. The number of carbonyl (C=O) groups excluding carboxylic acids is 1. The quantitative estimate of drug-likeness (QED) is 0.777. The fourth-order valence-corrected chi connectivity index (χ4v) is 2.84. The Kier molecular flexibility index (Phi) is 3.01. The van der Waals surface area contributed by atoms with Gasteiger partial charge in [0.1, 0.15) is 5.82 Å². The van der Waals surface area contributed by atoms with E-state index in [2.05, 4.69) is 16.5 Å². The third kappa shape index (κ3) is 2.01. The van der Waals surface area contributed by atoms with Crippen molar-refractivity contribution in [3.05, 3.63) is 29.6 Å². The van der Waals surface area contributed by atoms with E-state index in [4.69, 9.17) is 4.74 Å². The molecule has 1 aliphatic rings. The van der Waals surface area contributed by atoms with Crippen LogP contribution >= 0.6 is 0 Å². The van der Waals surface area contributed by atoms with Crippen molar-refractivity contribution in [2.45, 2.75) is 39.2 Å². The van der Waals surface area contributed by atoms with E-state index in [9.17, 15) is 4.79 Å². The van der Waals surface area contributed by atoms with E-state index >= 15 is 0 Å². The number of imidazole rings is 1. The minimum atomic E-state index is -0.275. The summed E-state index contributed by atoms with van der Waals surface area (Å²) in [5.74, 6) is 0.859. The Labute approximate surface area is 112 Å². The number of fused-ring (bicyclic) bond motifs is 3. The Morgan fingerprint density at radius 2 is 2.37 bits per heavy atom. The first-order valence-electron chi connectivity index (χ1n) is 6.88. The number of rotatable bonds is 2. The van der Waals surface area contributed by atoms with Gasteiger partial charge in [0, 0.05) is 12.5 Å². The van der Waals surface area contributed by atoms with Crippen molar-refractivity contribution in [3.63, 3.8) is 0 Å². The summed E-state index contributed by atoms with van der Waals surface area (Å²) in [6, 6.07) is 6.14. The first kappa shape index (κ1) is 12.2. The Morgan fingerprint density at radius 3 is 3.16 bits per heavy atom. The summed E-state index contributed by atoms with van der Waals surface area (Å²) in [4.78, 5) is 16.4. The molecule has 1 aromatic carbocycles. The number of nitrogens with zero attached hydrogens (tertiary/aromatic N) is 2. The molecule has 19 heavy (non-hydrogen) atoms. The van der Waals surface area contributed by atoms with Crippen LogP contribution < -0.4 is 0 Å². The number of aryl methyl sites for hydroxylation is 1. The Balaban J connectivity index is 2.08.